The van der Waals surface area contributed by atoms with Crippen LogP contribution in [0.15, 0.2) is 0 Å². The van der Waals surface area contributed by atoms with Crippen molar-refractivity contribution < 1.29 is 14.3 Å². The van der Waals surface area contributed by atoms with E-state index in [2.05, 4.69) is 10.2 Å². The zero-order chi connectivity index (χ0) is 14.2. The fraction of sp³-hybridized carbons (Fsp3) is 0.929. The molecule has 20 heavy (non-hydrogen) atoms. The van der Waals surface area contributed by atoms with Crippen molar-refractivity contribution in [3.05, 3.63) is 0 Å². The smallest absolute Gasteiger partial charge is 0.224 e. The van der Waals surface area contributed by atoms with E-state index in [1.807, 2.05) is 4.90 Å². The number of likely N-dealkylation sites (tertiary alicyclic amines) is 1. The van der Waals surface area contributed by atoms with Crippen LogP contribution >= 0.6 is 0 Å². The van der Waals surface area contributed by atoms with Gasteiger partial charge >= 0.3 is 0 Å². The molecular weight excluding hydrogens is 258 g/mol. The van der Waals surface area contributed by atoms with Crippen molar-refractivity contribution in [1.82, 2.24) is 15.1 Å². The first kappa shape index (κ1) is 15.7. The second-order valence-corrected chi connectivity index (χ2v) is 5.42. The fourth-order valence-corrected chi connectivity index (χ4v) is 2.88. The van der Waals surface area contributed by atoms with Crippen LogP contribution in [0.3, 0.4) is 0 Å². The summed E-state index contributed by atoms with van der Waals surface area (Å²) in [6, 6.07) is 0.551. The number of nitrogens with zero attached hydrogens (tertiary/aromatic N) is 2. The zero-order valence-electron chi connectivity index (χ0n) is 12.5. The molecule has 6 nitrogen and oxygen atoms in total. The second-order valence-electron chi connectivity index (χ2n) is 5.42. The molecule has 6 heteroatoms. The maximum absolute atomic E-state index is 12.1. The molecule has 1 atom stereocenters. The van der Waals surface area contributed by atoms with Crippen molar-refractivity contribution >= 4 is 5.91 Å². The molecule has 0 aliphatic carbocycles. The van der Waals surface area contributed by atoms with Gasteiger partial charge in [0.2, 0.25) is 5.91 Å². The van der Waals surface area contributed by atoms with Gasteiger partial charge in [0, 0.05) is 52.4 Å². The number of hydrogen-bond donors (Lipinski definition) is 1. The lowest BCUT2D eigenvalue weighted by Gasteiger charge is -2.32. The third-order valence-electron chi connectivity index (χ3n) is 4.08. The Hall–Kier alpha value is -0.690. The van der Waals surface area contributed by atoms with Crippen LogP contribution in [0, 0.1) is 0 Å². The van der Waals surface area contributed by atoms with Crippen molar-refractivity contribution in [1.29, 1.82) is 0 Å². The number of piperazine rings is 1. The van der Waals surface area contributed by atoms with Crippen molar-refractivity contribution in [2.45, 2.75) is 18.9 Å². The summed E-state index contributed by atoms with van der Waals surface area (Å²) >= 11 is 0. The molecule has 1 unspecified atom stereocenters. The van der Waals surface area contributed by atoms with E-state index in [1.54, 1.807) is 7.11 Å². The largest absolute Gasteiger partial charge is 0.382 e. The molecule has 2 aliphatic rings. The minimum atomic E-state index is 0.222. The Balaban J connectivity index is 1.62. The molecule has 2 rings (SSSR count). The van der Waals surface area contributed by atoms with Crippen LogP contribution in [0.4, 0.5) is 0 Å². The van der Waals surface area contributed by atoms with Crippen molar-refractivity contribution in [2.75, 3.05) is 66.2 Å². The normalized spacial score (nSPS) is 24.2. The third-order valence-corrected chi connectivity index (χ3v) is 4.08. The molecule has 1 N–H and O–H groups in total. The first-order valence-corrected chi connectivity index (χ1v) is 7.60. The van der Waals surface area contributed by atoms with E-state index >= 15 is 0 Å². The van der Waals surface area contributed by atoms with E-state index in [1.165, 1.54) is 0 Å². The lowest BCUT2D eigenvalue weighted by atomic mass is 10.2. The minimum Gasteiger partial charge on any atom is -0.382 e. The SMILES string of the molecule is COCCOCCC(=O)N1CCC(N2CCNCC2)C1. The lowest BCUT2D eigenvalue weighted by molar-refractivity contribution is -0.131. The highest BCUT2D eigenvalue weighted by molar-refractivity contribution is 5.76. The number of amides is 1. The van der Waals surface area contributed by atoms with E-state index in [0.717, 1.165) is 45.7 Å². The molecule has 0 aromatic carbocycles. The van der Waals surface area contributed by atoms with Crippen LogP contribution in [0.5, 0.6) is 0 Å². The maximum atomic E-state index is 12.1. The van der Waals surface area contributed by atoms with Crippen LogP contribution in [0.25, 0.3) is 0 Å². The highest BCUT2D eigenvalue weighted by Crippen LogP contribution is 2.16. The first-order valence-electron chi connectivity index (χ1n) is 7.60. The van der Waals surface area contributed by atoms with Gasteiger partial charge in [-0.3, -0.25) is 9.69 Å². The van der Waals surface area contributed by atoms with E-state index in [0.29, 0.717) is 32.3 Å². The topological polar surface area (TPSA) is 54.0 Å². The number of carbonyl (C=O) groups is 1. The summed E-state index contributed by atoms with van der Waals surface area (Å²) < 4.78 is 10.3. The Labute approximate surface area is 121 Å². The summed E-state index contributed by atoms with van der Waals surface area (Å²) in [5.41, 5.74) is 0. The van der Waals surface area contributed by atoms with Gasteiger partial charge in [-0.05, 0) is 6.42 Å². The van der Waals surface area contributed by atoms with E-state index in [-0.39, 0.29) is 5.91 Å². The van der Waals surface area contributed by atoms with Crippen molar-refractivity contribution in [2.24, 2.45) is 0 Å². The highest BCUT2D eigenvalue weighted by Gasteiger charge is 2.30. The summed E-state index contributed by atoms with van der Waals surface area (Å²) in [4.78, 5) is 16.6. The standard InChI is InChI=1S/C14H27N3O3/c1-19-10-11-20-9-3-14(18)17-6-2-13(12-17)16-7-4-15-5-8-16/h13,15H,2-12H2,1H3. The molecule has 116 valence electrons. The summed E-state index contributed by atoms with van der Waals surface area (Å²) in [6.45, 7) is 7.77. The molecule has 0 spiro atoms. The number of nitrogens with one attached hydrogen (secondary N) is 1. The summed E-state index contributed by atoms with van der Waals surface area (Å²) in [7, 11) is 1.65. The highest BCUT2D eigenvalue weighted by atomic mass is 16.5. The van der Waals surface area contributed by atoms with Crippen LogP contribution in [-0.4, -0.2) is 87.9 Å². The lowest BCUT2D eigenvalue weighted by Crippen LogP contribution is -2.49. The molecule has 2 saturated heterocycles. The van der Waals surface area contributed by atoms with Gasteiger partial charge in [-0.1, -0.05) is 0 Å². The Morgan fingerprint density at radius 2 is 2.00 bits per heavy atom. The van der Waals surface area contributed by atoms with Gasteiger partial charge in [0.05, 0.1) is 26.2 Å². The van der Waals surface area contributed by atoms with Crippen LogP contribution in [0.2, 0.25) is 0 Å². The number of carbonyl (C=O) groups excluding carboxylic acids is 1. The molecular formula is C14H27N3O3. The summed E-state index contributed by atoms with van der Waals surface area (Å²) in [5, 5.41) is 3.37. The van der Waals surface area contributed by atoms with E-state index < -0.39 is 0 Å². The minimum absolute atomic E-state index is 0.222. The molecule has 0 aromatic heterocycles. The van der Waals surface area contributed by atoms with Crippen molar-refractivity contribution in [3.63, 3.8) is 0 Å². The average Bonchev–Trinajstić information content (AvgIpc) is 2.98. The number of hydrogen-bond acceptors (Lipinski definition) is 5. The second kappa shape index (κ2) is 8.56. The van der Waals surface area contributed by atoms with Gasteiger partial charge < -0.3 is 19.7 Å². The van der Waals surface area contributed by atoms with Gasteiger partial charge in [-0.15, -0.1) is 0 Å². The number of rotatable bonds is 7. The van der Waals surface area contributed by atoms with E-state index in [9.17, 15) is 4.79 Å². The Morgan fingerprint density at radius 3 is 2.75 bits per heavy atom. The monoisotopic (exact) mass is 285 g/mol. The summed E-state index contributed by atoms with van der Waals surface area (Å²) in [5.74, 6) is 0.222. The quantitative estimate of drug-likeness (QED) is 0.642. The van der Waals surface area contributed by atoms with Crippen LogP contribution in [0.1, 0.15) is 12.8 Å². The van der Waals surface area contributed by atoms with Gasteiger partial charge in [0.15, 0.2) is 0 Å². The van der Waals surface area contributed by atoms with Crippen molar-refractivity contribution in [3.8, 4) is 0 Å². The molecule has 0 aromatic rings. The zero-order valence-corrected chi connectivity index (χ0v) is 12.5. The predicted molar refractivity (Wildman–Crippen MR) is 76.7 cm³/mol. The molecule has 0 radical (unpaired) electrons. The fourth-order valence-electron chi connectivity index (χ4n) is 2.88. The molecule has 2 heterocycles. The summed E-state index contributed by atoms with van der Waals surface area (Å²) in [6.07, 6.45) is 1.59. The van der Waals surface area contributed by atoms with Crippen LogP contribution < -0.4 is 5.32 Å². The molecule has 0 bridgehead atoms. The van der Waals surface area contributed by atoms with Gasteiger partial charge in [0.1, 0.15) is 0 Å². The van der Waals surface area contributed by atoms with Crippen LogP contribution in [-0.2, 0) is 14.3 Å². The average molecular weight is 285 g/mol. The molecule has 2 aliphatic heterocycles. The predicted octanol–water partition coefficient (Wildman–Crippen LogP) is -0.454. The van der Waals surface area contributed by atoms with E-state index in [4.69, 9.17) is 9.47 Å². The maximum Gasteiger partial charge on any atom is 0.224 e. The number of ether oxygens (including phenoxy) is 2. The third kappa shape index (κ3) is 4.70. The Morgan fingerprint density at radius 1 is 1.20 bits per heavy atom. The van der Waals surface area contributed by atoms with Gasteiger partial charge in [-0.25, -0.2) is 0 Å². The Bertz CT molecular complexity index is 295. The van der Waals surface area contributed by atoms with Gasteiger partial charge in [-0.2, -0.15) is 0 Å². The first-order chi connectivity index (χ1) is 9.81. The Kier molecular flexibility index (Phi) is 6.72. The molecule has 1 amide bonds. The molecule has 0 saturated carbocycles. The number of methoxy groups -OCH3 is 1. The molecule has 2 fully saturated rings. The van der Waals surface area contributed by atoms with Gasteiger partial charge in [0.25, 0.3) is 0 Å².